The van der Waals surface area contributed by atoms with Crippen LogP contribution in [0.25, 0.3) is 17.4 Å². The Balaban J connectivity index is 1.67. The Labute approximate surface area is 153 Å². The fourth-order valence-electron chi connectivity index (χ4n) is 2.53. The van der Waals surface area contributed by atoms with Gasteiger partial charge in [0.25, 0.3) is 0 Å². The van der Waals surface area contributed by atoms with E-state index in [9.17, 15) is 4.79 Å². The molecule has 0 saturated carbocycles. The number of rotatable bonds is 2. The van der Waals surface area contributed by atoms with E-state index in [0.29, 0.717) is 26.5 Å². The summed E-state index contributed by atoms with van der Waals surface area (Å²) in [6.45, 7) is 0. The smallest absolute Gasteiger partial charge is 0.200 e. The second kappa shape index (κ2) is 6.17. The molecule has 118 valence electrons. The van der Waals surface area contributed by atoms with Crippen LogP contribution in [0.2, 0.25) is 10.0 Å². The van der Waals surface area contributed by atoms with Crippen molar-refractivity contribution in [3.05, 3.63) is 80.9 Å². The van der Waals surface area contributed by atoms with Gasteiger partial charge in [0.1, 0.15) is 11.5 Å². The number of benzene rings is 2. The standard InChI is InChI=1S/C19H10Cl2O2S/c20-14-6-3-5-12(18(14)21)15-9-8-11(23-15)10-17-19(22)13-4-1-2-7-16(13)24-17/h1-10H/b17-10-. The fourth-order valence-corrected chi connectivity index (χ4v) is 3.96. The van der Waals surface area contributed by atoms with Crippen molar-refractivity contribution in [3.63, 3.8) is 0 Å². The average molecular weight is 373 g/mol. The van der Waals surface area contributed by atoms with Crippen LogP contribution < -0.4 is 0 Å². The Morgan fingerprint density at radius 2 is 1.71 bits per heavy atom. The predicted octanol–water partition coefficient (Wildman–Crippen LogP) is 6.58. The summed E-state index contributed by atoms with van der Waals surface area (Å²) >= 11 is 13.7. The first-order valence-corrected chi connectivity index (χ1v) is 8.78. The van der Waals surface area contributed by atoms with Crippen molar-refractivity contribution in [2.45, 2.75) is 4.90 Å². The van der Waals surface area contributed by atoms with Crippen molar-refractivity contribution in [1.29, 1.82) is 0 Å². The number of carbonyl (C=O) groups is 1. The molecule has 1 aliphatic heterocycles. The molecule has 1 aromatic heterocycles. The third kappa shape index (κ3) is 2.69. The number of furan rings is 1. The van der Waals surface area contributed by atoms with Gasteiger partial charge in [-0.25, -0.2) is 0 Å². The molecule has 4 rings (SSSR count). The van der Waals surface area contributed by atoms with Crippen molar-refractivity contribution in [3.8, 4) is 11.3 Å². The average Bonchev–Trinajstić information content (AvgIpc) is 3.16. The first-order chi connectivity index (χ1) is 11.6. The third-order valence-corrected chi connectivity index (χ3v) is 5.61. The fraction of sp³-hybridized carbons (Fsp3) is 0. The van der Waals surface area contributed by atoms with E-state index >= 15 is 0 Å². The Morgan fingerprint density at radius 1 is 0.917 bits per heavy atom. The molecule has 0 bridgehead atoms. The topological polar surface area (TPSA) is 30.2 Å². The number of ketones is 1. The molecule has 0 saturated heterocycles. The van der Waals surface area contributed by atoms with Gasteiger partial charge in [0.05, 0.1) is 15.0 Å². The lowest BCUT2D eigenvalue weighted by Crippen LogP contribution is -1.93. The van der Waals surface area contributed by atoms with Gasteiger partial charge in [-0.05, 0) is 42.5 Å². The zero-order chi connectivity index (χ0) is 16.7. The molecule has 0 aliphatic carbocycles. The summed E-state index contributed by atoms with van der Waals surface area (Å²) in [4.78, 5) is 14.0. The van der Waals surface area contributed by atoms with E-state index < -0.39 is 0 Å². The summed E-state index contributed by atoms with van der Waals surface area (Å²) in [6, 6.07) is 16.6. The summed E-state index contributed by atoms with van der Waals surface area (Å²) < 4.78 is 5.83. The van der Waals surface area contributed by atoms with Crippen LogP contribution in [0, 0.1) is 0 Å². The number of halogens is 2. The van der Waals surface area contributed by atoms with Gasteiger partial charge in [-0.15, -0.1) is 0 Å². The maximum atomic E-state index is 12.4. The van der Waals surface area contributed by atoms with E-state index in [4.69, 9.17) is 27.6 Å². The molecular formula is C19H10Cl2O2S. The second-order valence-electron chi connectivity index (χ2n) is 5.24. The Kier molecular flexibility index (Phi) is 4.01. The molecule has 2 aromatic carbocycles. The number of allylic oxidation sites excluding steroid dienone is 1. The molecular weight excluding hydrogens is 363 g/mol. The molecule has 0 fully saturated rings. The van der Waals surface area contributed by atoms with Crippen LogP contribution in [0.1, 0.15) is 16.1 Å². The molecule has 0 amide bonds. The quantitative estimate of drug-likeness (QED) is 0.475. The predicted molar refractivity (Wildman–Crippen MR) is 98.8 cm³/mol. The maximum absolute atomic E-state index is 12.4. The molecule has 3 aromatic rings. The highest BCUT2D eigenvalue weighted by Crippen LogP contribution is 2.41. The van der Waals surface area contributed by atoms with Gasteiger partial charge in [-0.3, -0.25) is 4.79 Å². The maximum Gasteiger partial charge on any atom is 0.200 e. The summed E-state index contributed by atoms with van der Waals surface area (Å²) in [5, 5.41) is 0.925. The molecule has 1 aliphatic rings. The lowest BCUT2D eigenvalue weighted by Gasteiger charge is -2.02. The highest BCUT2D eigenvalue weighted by molar-refractivity contribution is 8.04. The van der Waals surface area contributed by atoms with Crippen LogP contribution >= 0.6 is 35.0 Å². The highest BCUT2D eigenvalue weighted by Gasteiger charge is 2.25. The van der Waals surface area contributed by atoms with Crippen LogP contribution in [-0.2, 0) is 0 Å². The van der Waals surface area contributed by atoms with Crippen LogP contribution in [0.5, 0.6) is 0 Å². The summed E-state index contributed by atoms with van der Waals surface area (Å²) in [6.07, 6.45) is 1.76. The Hall–Kier alpha value is -1.94. The first-order valence-electron chi connectivity index (χ1n) is 7.21. The van der Waals surface area contributed by atoms with E-state index in [2.05, 4.69) is 0 Å². The minimum Gasteiger partial charge on any atom is -0.457 e. The monoisotopic (exact) mass is 372 g/mol. The molecule has 2 heterocycles. The summed E-state index contributed by atoms with van der Waals surface area (Å²) in [7, 11) is 0. The lowest BCUT2D eigenvalue weighted by atomic mass is 10.1. The third-order valence-electron chi connectivity index (χ3n) is 3.69. The van der Waals surface area contributed by atoms with Gasteiger partial charge in [-0.2, -0.15) is 0 Å². The molecule has 0 spiro atoms. The first kappa shape index (κ1) is 15.6. The zero-order valence-corrected chi connectivity index (χ0v) is 14.6. The number of hydrogen-bond acceptors (Lipinski definition) is 3. The summed E-state index contributed by atoms with van der Waals surface area (Å²) in [5.41, 5.74) is 1.46. The van der Waals surface area contributed by atoms with Crippen molar-refractivity contribution in [2.24, 2.45) is 0 Å². The van der Waals surface area contributed by atoms with E-state index in [1.807, 2.05) is 48.5 Å². The zero-order valence-electron chi connectivity index (χ0n) is 12.3. The van der Waals surface area contributed by atoms with Crippen molar-refractivity contribution in [1.82, 2.24) is 0 Å². The van der Waals surface area contributed by atoms with Crippen LogP contribution in [0.4, 0.5) is 0 Å². The van der Waals surface area contributed by atoms with Crippen molar-refractivity contribution < 1.29 is 9.21 Å². The normalized spacial score (nSPS) is 15.1. The summed E-state index contributed by atoms with van der Waals surface area (Å²) in [5.74, 6) is 1.24. The van der Waals surface area contributed by atoms with Gasteiger partial charge in [0.2, 0.25) is 5.78 Å². The van der Waals surface area contributed by atoms with E-state index in [0.717, 1.165) is 16.0 Å². The second-order valence-corrected chi connectivity index (χ2v) is 7.11. The van der Waals surface area contributed by atoms with Gasteiger partial charge in [-0.1, -0.05) is 53.2 Å². The number of fused-ring (bicyclic) bond motifs is 1. The van der Waals surface area contributed by atoms with Gasteiger partial charge < -0.3 is 4.42 Å². The number of hydrogen-bond donors (Lipinski definition) is 0. The molecule has 24 heavy (non-hydrogen) atoms. The van der Waals surface area contributed by atoms with Crippen LogP contribution in [0.15, 0.2) is 68.8 Å². The largest absolute Gasteiger partial charge is 0.457 e. The van der Waals surface area contributed by atoms with Crippen LogP contribution in [0.3, 0.4) is 0 Å². The molecule has 0 N–H and O–H groups in total. The van der Waals surface area contributed by atoms with Gasteiger partial charge in [0, 0.05) is 16.0 Å². The molecule has 5 heteroatoms. The SMILES string of the molecule is O=C1/C(=C/c2ccc(-c3cccc(Cl)c3Cl)o2)Sc2ccccc21. The highest BCUT2D eigenvalue weighted by atomic mass is 35.5. The van der Waals surface area contributed by atoms with E-state index in [1.54, 1.807) is 12.1 Å². The number of carbonyl (C=O) groups excluding carboxylic acids is 1. The van der Waals surface area contributed by atoms with Crippen molar-refractivity contribution >= 4 is 46.8 Å². The van der Waals surface area contributed by atoms with E-state index in [1.165, 1.54) is 11.8 Å². The Morgan fingerprint density at radius 3 is 2.54 bits per heavy atom. The molecule has 2 nitrogen and oxygen atoms in total. The van der Waals surface area contributed by atoms with Crippen LogP contribution in [-0.4, -0.2) is 5.78 Å². The molecule has 0 radical (unpaired) electrons. The lowest BCUT2D eigenvalue weighted by molar-refractivity contribution is 0.104. The molecule has 0 atom stereocenters. The Bertz CT molecular complexity index is 989. The van der Waals surface area contributed by atoms with Gasteiger partial charge >= 0.3 is 0 Å². The van der Waals surface area contributed by atoms with Gasteiger partial charge in [0.15, 0.2) is 0 Å². The minimum absolute atomic E-state index is 0.0225. The number of Topliss-reactive ketones (excluding diaryl/α,β-unsaturated/α-hetero) is 1. The molecule has 0 unspecified atom stereocenters. The van der Waals surface area contributed by atoms with Crippen molar-refractivity contribution in [2.75, 3.05) is 0 Å². The number of thioether (sulfide) groups is 1. The van der Waals surface area contributed by atoms with E-state index in [-0.39, 0.29) is 5.78 Å². The minimum atomic E-state index is 0.0225.